The van der Waals surface area contributed by atoms with Gasteiger partial charge in [-0.25, -0.2) is 0 Å². The van der Waals surface area contributed by atoms with Gasteiger partial charge in [-0.1, -0.05) is 11.6 Å². The number of non-ortho nitro benzene ring substituents is 1. The number of nitrogens with zero attached hydrogens (tertiary/aromatic N) is 1. The van der Waals surface area contributed by atoms with E-state index >= 15 is 0 Å². The summed E-state index contributed by atoms with van der Waals surface area (Å²) in [5.41, 5.74) is 1.65. The van der Waals surface area contributed by atoms with E-state index in [1.54, 1.807) is 0 Å². The minimum atomic E-state index is -0.907. The van der Waals surface area contributed by atoms with E-state index in [2.05, 4.69) is 0 Å². The topological polar surface area (TPSA) is 80.4 Å². The van der Waals surface area contributed by atoms with Crippen LogP contribution in [0.5, 0.6) is 0 Å². The van der Waals surface area contributed by atoms with E-state index in [9.17, 15) is 20.0 Å². The summed E-state index contributed by atoms with van der Waals surface area (Å²) in [5.74, 6) is -0.0200. The number of nitro benzene ring substituents is 1. The molecule has 0 saturated heterocycles. The molecule has 1 rings (SSSR count). The first-order valence-corrected chi connectivity index (χ1v) is 6.47. The van der Waals surface area contributed by atoms with Gasteiger partial charge in [-0.2, -0.15) is 0 Å². The molecule has 1 N–H and O–H groups in total. The molecular formula is C15H19NO4. The van der Waals surface area contributed by atoms with Crippen LogP contribution in [0.4, 0.5) is 5.69 Å². The molecule has 0 heterocycles. The Morgan fingerprint density at radius 2 is 1.95 bits per heavy atom. The second-order valence-corrected chi connectivity index (χ2v) is 4.93. The Hall–Kier alpha value is -2.01. The van der Waals surface area contributed by atoms with Crippen LogP contribution >= 0.6 is 0 Å². The van der Waals surface area contributed by atoms with E-state index in [1.165, 1.54) is 24.3 Å². The summed E-state index contributed by atoms with van der Waals surface area (Å²) < 4.78 is 0. The van der Waals surface area contributed by atoms with E-state index < -0.39 is 11.0 Å². The predicted molar refractivity (Wildman–Crippen MR) is 76.3 cm³/mol. The Morgan fingerprint density at radius 3 is 2.45 bits per heavy atom. The first kappa shape index (κ1) is 16.0. The number of carbonyl (C=O) groups is 1. The molecule has 0 bridgehead atoms. The molecule has 1 atom stereocenters. The largest absolute Gasteiger partial charge is 0.388 e. The fourth-order valence-electron chi connectivity index (χ4n) is 1.78. The van der Waals surface area contributed by atoms with Crippen molar-refractivity contribution in [1.29, 1.82) is 0 Å². The van der Waals surface area contributed by atoms with Crippen molar-refractivity contribution in [2.75, 3.05) is 0 Å². The number of Topliss-reactive ketones (excluding diaryl/α,β-unsaturated/α-hetero) is 1. The number of hydrogen-bond acceptors (Lipinski definition) is 4. The number of aliphatic hydroxyl groups is 1. The molecule has 0 spiro atoms. The molecule has 20 heavy (non-hydrogen) atoms. The summed E-state index contributed by atoms with van der Waals surface area (Å²) in [4.78, 5) is 21.7. The van der Waals surface area contributed by atoms with Gasteiger partial charge in [0, 0.05) is 25.0 Å². The molecular weight excluding hydrogens is 258 g/mol. The molecule has 0 radical (unpaired) electrons. The van der Waals surface area contributed by atoms with Crippen molar-refractivity contribution in [3.8, 4) is 0 Å². The minimum Gasteiger partial charge on any atom is -0.388 e. The second kappa shape index (κ2) is 7.55. The van der Waals surface area contributed by atoms with Crippen LogP contribution in [0.2, 0.25) is 0 Å². The third-order valence-corrected chi connectivity index (χ3v) is 2.89. The van der Waals surface area contributed by atoms with Crippen LogP contribution in [0.25, 0.3) is 0 Å². The molecule has 1 aromatic rings. The molecule has 1 aromatic carbocycles. The van der Waals surface area contributed by atoms with Crippen LogP contribution < -0.4 is 0 Å². The SMILES string of the molecule is CC(C)=CCCC(=O)C[C@@H](O)c1ccc([N+](=O)[O-])cc1. The molecule has 5 heteroatoms. The molecule has 0 aromatic heterocycles. The first-order valence-electron chi connectivity index (χ1n) is 6.47. The van der Waals surface area contributed by atoms with Gasteiger partial charge in [0.2, 0.25) is 0 Å². The summed E-state index contributed by atoms with van der Waals surface area (Å²) >= 11 is 0. The summed E-state index contributed by atoms with van der Waals surface area (Å²) in [5, 5.41) is 20.4. The number of rotatable bonds is 7. The summed E-state index contributed by atoms with van der Waals surface area (Å²) in [6.45, 7) is 3.94. The highest BCUT2D eigenvalue weighted by Gasteiger charge is 2.14. The Morgan fingerprint density at radius 1 is 1.35 bits per heavy atom. The van der Waals surface area contributed by atoms with Crippen LogP contribution in [0.3, 0.4) is 0 Å². The Kier molecular flexibility index (Phi) is 6.06. The quantitative estimate of drug-likeness (QED) is 0.471. The molecule has 0 aliphatic heterocycles. The second-order valence-electron chi connectivity index (χ2n) is 4.93. The van der Waals surface area contributed by atoms with Gasteiger partial charge in [0.05, 0.1) is 11.0 Å². The van der Waals surface area contributed by atoms with E-state index in [0.717, 1.165) is 5.57 Å². The van der Waals surface area contributed by atoms with Gasteiger partial charge in [-0.15, -0.1) is 0 Å². The third-order valence-electron chi connectivity index (χ3n) is 2.89. The lowest BCUT2D eigenvalue weighted by atomic mass is 10.0. The van der Waals surface area contributed by atoms with Crippen molar-refractivity contribution in [1.82, 2.24) is 0 Å². The van der Waals surface area contributed by atoms with E-state index in [1.807, 2.05) is 19.9 Å². The molecule has 0 amide bonds. The molecule has 0 saturated carbocycles. The zero-order chi connectivity index (χ0) is 15.1. The number of carbonyl (C=O) groups excluding carboxylic acids is 1. The van der Waals surface area contributed by atoms with Crippen molar-refractivity contribution in [2.45, 2.75) is 39.2 Å². The number of aliphatic hydroxyl groups excluding tert-OH is 1. The average Bonchev–Trinajstić information content (AvgIpc) is 2.38. The van der Waals surface area contributed by atoms with Crippen molar-refractivity contribution in [3.05, 3.63) is 51.6 Å². The maximum absolute atomic E-state index is 11.7. The number of allylic oxidation sites excluding steroid dienone is 2. The predicted octanol–water partition coefficient (Wildman–Crippen LogP) is 3.33. The summed E-state index contributed by atoms with van der Waals surface area (Å²) in [6.07, 6.45) is 2.18. The van der Waals surface area contributed by atoms with Crippen LogP contribution in [0.15, 0.2) is 35.9 Å². The first-order chi connectivity index (χ1) is 9.40. The smallest absolute Gasteiger partial charge is 0.269 e. The molecule has 0 aliphatic rings. The van der Waals surface area contributed by atoms with Crippen LogP contribution in [0.1, 0.15) is 44.8 Å². The van der Waals surface area contributed by atoms with Gasteiger partial charge in [0.1, 0.15) is 5.78 Å². The highest BCUT2D eigenvalue weighted by Crippen LogP contribution is 2.21. The monoisotopic (exact) mass is 277 g/mol. The average molecular weight is 277 g/mol. The number of benzene rings is 1. The van der Waals surface area contributed by atoms with Gasteiger partial charge in [0.25, 0.3) is 5.69 Å². The number of hydrogen-bond donors (Lipinski definition) is 1. The maximum atomic E-state index is 11.7. The normalized spacial score (nSPS) is 11.8. The van der Waals surface area contributed by atoms with E-state index in [0.29, 0.717) is 18.4 Å². The number of nitro groups is 1. The number of ketones is 1. The fraction of sp³-hybridized carbons (Fsp3) is 0.400. The lowest BCUT2D eigenvalue weighted by Crippen LogP contribution is -2.06. The van der Waals surface area contributed by atoms with Crippen LogP contribution in [0, 0.1) is 10.1 Å². The Labute approximate surface area is 118 Å². The summed E-state index contributed by atoms with van der Waals surface area (Å²) in [6, 6.07) is 5.61. The van der Waals surface area contributed by atoms with Gasteiger partial charge in [0.15, 0.2) is 0 Å². The van der Waals surface area contributed by atoms with E-state index in [4.69, 9.17) is 0 Å². The van der Waals surface area contributed by atoms with Gasteiger partial charge < -0.3 is 5.11 Å². The van der Waals surface area contributed by atoms with Crippen molar-refractivity contribution >= 4 is 11.5 Å². The van der Waals surface area contributed by atoms with Gasteiger partial charge in [-0.3, -0.25) is 14.9 Å². The van der Waals surface area contributed by atoms with E-state index in [-0.39, 0.29) is 17.9 Å². The fourth-order valence-corrected chi connectivity index (χ4v) is 1.78. The highest BCUT2D eigenvalue weighted by molar-refractivity contribution is 5.79. The zero-order valence-electron chi connectivity index (χ0n) is 11.7. The molecule has 108 valence electrons. The maximum Gasteiger partial charge on any atom is 0.269 e. The Balaban J connectivity index is 2.53. The molecule has 0 fully saturated rings. The molecule has 0 aliphatic carbocycles. The van der Waals surface area contributed by atoms with Crippen molar-refractivity contribution in [3.63, 3.8) is 0 Å². The van der Waals surface area contributed by atoms with Gasteiger partial charge >= 0.3 is 0 Å². The lowest BCUT2D eigenvalue weighted by Gasteiger charge is -2.09. The minimum absolute atomic E-state index is 0.0200. The highest BCUT2D eigenvalue weighted by atomic mass is 16.6. The van der Waals surface area contributed by atoms with Crippen LogP contribution in [-0.4, -0.2) is 15.8 Å². The Bertz CT molecular complexity index is 501. The zero-order valence-corrected chi connectivity index (χ0v) is 11.7. The third kappa shape index (κ3) is 5.32. The van der Waals surface area contributed by atoms with Crippen LogP contribution in [-0.2, 0) is 4.79 Å². The van der Waals surface area contributed by atoms with Crippen molar-refractivity contribution < 1.29 is 14.8 Å². The standard InChI is InChI=1S/C15H19NO4/c1-11(2)4-3-5-14(17)10-15(18)12-6-8-13(9-7-12)16(19)20/h4,6-9,15,18H,3,5,10H2,1-2H3/t15-/m1/s1. The van der Waals surface area contributed by atoms with Crippen molar-refractivity contribution in [2.24, 2.45) is 0 Å². The summed E-state index contributed by atoms with van der Waals surface area (Å²) in [7, 11) is 0. The molecule has 0 unspecified atom stereocenters. The molecule has 5 nitrogen and oxygen atoms in total. The van der Waals surface area contributed by atoms with Gasteiger partial charge in [-0.05, 0) is 38.0 Å². The lowest BCUT2D eigenvalue weighted by molar-refractivity contribution is -0.384.